The summed E-state index contributed by atoms with van der Waals surface area (Å²) < 4.78 is 5.38. The summed E-state index contributed by atoms with van der Waals surface area (Å²) in [5, 5.41) is 10.1. The molecule has 2 rings (SSSR count). The summed E-state index contributed by atoms with van der Waals surface area (Å²) in [5.41, 5.74) is 0.835. The second-order valence-electron chi connectivity index (χ2n) is 5.13. The number of amides is 1. The van der Waals surface area contributed by atoms with E-state index in [0.29, 0.717) is 18.7 Å². The minimum absolute atomic E-state index is 0.0834. The molecule has 0 bridgehead atoms. The van der Waals surface area contributed by atoms with Crippen molar-refractivity contribution in [2.24, 2.45) is 0 Å². The monoisotopic (exact) mass is 263 g/mol. The predicted octanol–water partition coefficient (Wildman–Crippen LogP) is 2.49. The third-order valence-electron chi connectivity index (χ3n) is 4.02. The molecule has 1 aliphatic heterocycles. The minimum atomic E-state index is -0.836. The molecule has 0 saturated heterocycles. The van der Waals surface area contributed by atoms with Crippen molar-refractivity contribution >= 4 is 11.6 Å². The van der Waals surface area contributed by atoms with Gasteiger partial charge < -0.3 is 14.7 Å². The van der Waals surface area contributed by atoms with Crippen LogP contribution in [0, 0.1) is 0 Å². The van der Waals surface area contributed by atoms with Crippen LogP contribution in [-0.2, 0) is 16.0 Å². The lowest BCUT2D eigenvalue weighted by Gasteiger charge is -2.36. The van der Waals surface area contributed by atoms with Gasteiger partial charge in [0, 0.05) is 13.7 Å². The molecular formula is C15H21NO3. The number of methoxy groups -OCH3 is 1. The number of rotatable bonds is 3. The third-order valence-corrected chi connectivity index (χ3v) is 4.02. The fourth-order valence-electron chi connectivity index (χ4n) is 2.50. The van der Waals surface area contributed by atoms with Crippen LogP contribution in [-0.4, -0.2) is 30.3 Å². The Morgan fingerprint density at radius 1 is 1.53 bits per heavy atom. The van der Waals surface area contributed by atoms with Crippen LogP contribution < -0.4 is 4.90 Å². The second-order valence-corrected chi connectivity index (χ2v) is 5.13. The molecule has 1 unspecified atom stereocenters. The fraction of sp³-hybridized carbons (Fsp3) is 0.533. The van der Waals surface area contributed by atoms with Gasteiger partial charge in [-0.25, -0.2) is 0 Å². The SMILES string of the molecule is CCC(C)(OC)C(=O)N1CCCc2cccc(O)c21. The van der Waals surface area contributed by atoms with Crippen molar-refractivity contribution in [3.63, 3.8) is 0 Å². The van der Waals surface area contributed by atoms with E-state index in [1.807, 2.05) is 19.1 Å². The van der Waals surface area contributed by atoms with Crippen LogP contribution in [0.4, 0.5) is 5.69 Å². The quantitative estimate of drug-likeness (QED) is 0.911. The molecule has 1 aliphatic rings. The van der Waals surface area contributed by atoms with Gasteiger partial charge in [0.05, 0.1) is 5.69 Å². The first kappa shape index (κ1) is 13.9. The van der Waals surface area contributed by atoms with E-state index in [0.717, 1.165) is 18.4 Å². The van der Waals surface area contributed by atoms with E-state index in [9.17, 15) is 9.90 Å². The summed E-state index contributed by atoms with van der Waals surface area (Å²) in [6.45, 7) is 4.35. The van der Waals surface area contributed by atoms with Gasteiger partial charge in [0.15, 0.2) is 0 Å². The van der Waals surface area contributed by atoms with E-state index in [-0.39, 0.29) is 11.7 Å². The number of benzene rings is 1. The van der Waals surface area contributed by atoms with Crippen molar-refractivity contribution in [1.82, 2.24) is 0 Å². The molecule has 0 aliphatic carbocycles. The van der Waals surface area contributed by atoms with Crippen LogP contribution in [0.2, 0.25) is 0 Å². The van der Waals surface area contributed by atoms with E-state index in [1.54, 1.807) is 25.0 Å². The van der Waals surface area contributed by atoms with Crippen LogP contribution in [0.25, 0.3) is 0 Å². The van der Waals surface area contributed by atoms with Crippen LogP contribution in [0.5, 0.6) is 5.75 Å². The number of aryl methyl sites for hydroxylation is 1. The Kier molecular flexibility index (Phi) is 3.80. The molecule has 0 aromatic heterocycles. The number of nitrogens with zero attached hydrogens (tertiary/aromatic N) is 1. The van der Waals surface area contributed by atoms with E-state index >= 15 is 0 Å². The number of hydrogen-bond donors (Lipinski definition) is 1. The highest BCUT2D eigenvalue weighted by atomic mass is 16.5. The lowest BCUT2D eigenvalue weighted by molar-refractivity contribution is -0.139. The van der Waals surface area contributed by atoms with Gasteiger partial charge >= 0.3 is 0 Å². The molecule has 0 radical (unpaired) electrons. The molecular weight excluding hydrogens is 242 g/mol. The molecule has 0 saturated carbocycles. The summed E-state index contributed by atoms with van der Waals surface area (Å²) >= 11 is 0. The van der Waals surface area contributed by atoms with Gasteiger partial charge in [-0.05, 0) is 37.8 Å². The number of hydrogen-bond acceptors (Lipinski definition) is 3. The standard InChI is InChI=1S/C15H21NO3/c1-4-15(2,19-3)14(18)16-10-6-8-11-7-5-9-12(17)13(11)16/h5,7,9,17H,4,6,8,10H2,1-3H3. The normalized spacial score (nSPS) is 17.7. The maximum atomic E-state index is 12.7. The number of phenols is 1. The van der Waals surface area contributed by atoms with Gasteiger partial charge in [0.25, 0.3) is 5.91 Å². The summed E-state index contributed by atoms with van der Waals surface area (Å²) in [6.07, 6.45) is 2.40. The van der Waals surface area contributed by atoms with Crippen LogP contribution in [0.15, 0.2) is 18.2 Å². The first-order valence-corrected chi connectivity index (χ1v) is 6.71. The Balaban J connectivity index is 2.42. The van der Waals surface area contributed by atoms with Crippen molar-refractivity contribution in [1.29, 1.82) is 0 Å². The van der Waals surface area contributed by atoms with Crippen molar-refractivity contribution < 1.29 is 14.6 Å². The largest absolute Gasteiger partial charge is 0.506 e. The molecule has 0 spiro atoms. The Labute approximate surface area is 114 Å². The highest BCUT2D eigenvalue weighted by Gasteiger charge is 2.38. The molecule has 1 heterocycles. The van der Waals surface area contributed by atoms with Crippen molar-refractivity contribution in [3.8, 4) is 5.75 Å². The molecule has 1 atom stereocenters. The number of ether oxygens (including phenoxy) is 1. The smallest absolute Gasteiger partial charge is 0.259 e. The number of para-hydroxylation sites is 1. The number of fused-ring (bicyclic) bond motifs is 1. The van der Waals surface area contributed by atoms with E-state index in [2.05, 4.69) is 0 Å². The Hall–Kier alpha value is -1.55. The number of aromatic hydroxyl groups is 1. The molecule has 1 aromatic carbocycles. The van der Waals surface area contributed by atoms with Crippen molar-refractivity contribution in [2.45, 2.75) is 38.7 Å². The molecule has 1 N–H and O–H groups in total. The van der Waals surface area contributed by atoms with Crippen molar-refractivity contribution in [2.75, 3.05) is 18.6 Å². The molecule has 4 nitrogen and oxygen atoms in total. The third kappa shape index (κ3) is 2.32. The molecule has 104 valence electrons. The van der Waals surface area contributed by atoms with E-state index in [4.69, 9.17) is 4.74 Å². The molecule has 1 aromatic rings. The Morgan fingerprint density at radius 3 is 2.89 bits per heavy atom. The van der Waals surface area contributed by atoms with Gasteiger partial charge in [-0.1, -0.05) is 19.1 Å². The van der Waals surface area contributed by atoms with E-state index < -0.39 is 5.60 Å². The summed E-state index contributed by atoms with van der Waals surface area (Å²) in [5.74, 6) is 0.0834. The first-order valence-electron chi connectivity index (χ1n) is 6.71. The van der Waals surface area contributed by atoms with Crippen LogP contribution >= 0.6 is 0 Å². The molecule has 19 heavy (non-hydrogen) atoms. The summed E-state index contributed by atoms with van der Waals surface area (Å²) in [7, 11) is 1.55. The highest BCUT2D eigenvalue weighted by Crippen LogP contribution is 2.37. The lowest BCUT2D eigenvalue weighted by atomic mass is 9.96. The average molecular weight is 263 g/mol. The number of carbonyl (C=O) groups excluding carboxylic acids is 1. The van der Waals surface area contributed by atoms with Gasteiger partial charge in [-0.2, -0.15) is 0 Å². The topological polar surface area (TPSA) is 49.8 Å². The van der Waals surface area contributed by atoms with E-state index in [1.165, 1.54) is 0 Å². The number of carbonyl (C=O) groups is 1. The molecule has 4 heteroatoms. The highest BCUT2D eigenvalue weighted by molar-refractivity contribution is 6.01. The average Bonchev–Trinajstić information content (AvgIpc) is 2.45. The first-order chi connectivity index (χ1) is 9.03. The molecule has 1 amide bonds. The van der Waals surface area contributed by atoms with Crippen LogP contribution in [0.3, 0.4) is 0 Å². The van der Waals surface area contributed by atoms with Crippen molar-refractivity contribution in [3.05, 3.63) is 23.8 Å². The number of anilines is 1. The number of phenolic OH excluding ortho intramolecular Hbond substituents is 1. The van der Waals surface area contributed by atoms with Gasteiger partial charge in [0.2, 0.25) is 0 Å². The zero-order chi connectivity index (χ0) is 14.0. The maximum absolute atomic E-state index is 12.7. The second kappa shape index (κ2) is 5.21. The Bertz CT molecular complexity index is 480. The Morgan fingerprint density at radius 2 is 2.26 bits per heavy atom. The zero-order valence-corrected chi connectivity index (χ0v) is 11.8. The van der Waals surface area contributed by atoms with Crippen LogP contribution in [0.1, 0.15) is 32.3 Å². The lowest BCUT2D eigenvalue weighted by Crippen LogP contribution is -2.49. The molecule has 0 fully saturated rings. The predicted molar refractivity (Wildman–Crippen MR) is 74.5 cm³/mol. The van der Waals surface area contributed by atoms with Gasteiger partial charge in [-0.15, -0.1) is 0 Å². The summed E-state index contributed by atoms with van der Waals surface area (Å²) in [4.78, 5) is 14.4. The fourth-order valence-corrected chi connectivity index (χ4v) is 2.50. The van der Waals surface area contributed by atoms with Gasteiger partial charge in [-0.3, -0.25) is 4.79 Å². The minimum Gasteiger partial charge on any atom is -0.506 e. The maximum Gasteiger partial charge on any atom is 0.259 e. The van der Waals surface area contributed by atoms with Gasteiger partial charge in [0.1, 0.15) is 11.4 Å². The summed E-state index contributed by atoms with van der Waals surface area (Å²) in [6, 6.07) is 5.41. The zero-order valence-electron chi connectivity index (χ0n) is 11.8.